The van der Waals surface area contributed by atoms with Crippen LogP contribution in [0.2, 0.25) is 0 Å². The van der Waals surface area contributed by atoms with Gasteiger partial charge in [-0.1, -0.05) is 6.92 Å². The number of rotatable bonds is 3. The Labute approximate surface area is 128 Å². The molecule has 110 valence electrons. The Morgan fingerprint density at radius 3 is 2.76 bits per heavy atom. The Morgan fingerprint density at radius 1 is 1.33 bits per heavy atom. The van der Waals surface area contributed by atoms with Crippen LogP contribution in [0.15, 0.2) is 29.2 Å². The van der Waals surface area contributed by atoms with Gasteiger partial charge in [0.2, 0.25) is 0 Å². The van der Waals surface area contributed by atoms with Crippen molar-refractivity contribution in [3.63, 3.8) is 0 Å². The van der Waals surface area contributed by atoms with E-state index in [0.29, 0.717) is 11.4 Å². The molecule has 0 saturated carbocycles. The van der Waals surface area contributed by atoms with E-state index in [1.165, 1.54) is 24.2 Å². The Kier molecular flexibility index (Phi) is 4.15. The number of amides is 1. The summed E-state index contributed by atoms with van der Waals surface area (Å²) in [5.74, 6) is 1.59. The fourth-order valence-corrected chi connectivity index (χ4v) is 2.94. The standard InChI is InChI=1S/C15H18N4OS/c1-11-4-6-19(7-5-11)14-3-2-12(8-16-14)18-15(20)13-9-21-10-17-13/h2-3,8-11H,4-7H2,1H3,(H,18,20). The first kappa shape index (κ1) is 14.0. The molecular weight excluding hydrogens is 284 g/mol. The molecule has 0 radical (unpaired) electrons. The van der Waals surface area contributed by atoms with Gasteiger partial charge in [-0.05, 0) is 30.9 Å². The second-order valence-corrected chi connectivity index (χ2v) is 6.12. The molecule has 1 amide bonds. The van der Waals surface area contributed by atoms with E-state index in [0.717, 1.165) is 24.8 Å². The van der Waals surface area contributed by atoms with Crippen LogP contribution in [0.4, 0.5) is 11.5 Å². The number of piperidine rings is 1. The van der Waals surface area contributed by atoms with Crippen LogP contribution in [0.1, 0.15) is 30.3 Å². The molecule has 6 heteroatoms. The van der Waals surface area contributed by atoms with E-state index in [-0.39, 0.29) is 5.91 Å². The number of thiazole rings is 1. The predicted molar refractivity (Wildman–Crippen MR) is 84.9 cm³/mol. The van der Waals surface area contributed by atoms with Crippen LogP contribution in [-0.2, 0) is 0 Å². The van der Waals surface area contributed by atoms with Crippen molar-refractivity contribution in [1.82, 2.24) is 9.97 Å². The van der Waals surface area contributed by atoms with E-state index in [4.69, 9.17) is 0 Å². The highest BCUT2D eigenvalue weighted by Crippen LogP contribution is 2.22. The summed E-state index contributed by atoms with van der Waals surface area (Å²) in [5, 5.41) is 4.53. The van der Waals surface area contributed by atoms with Crippen LogP contribution < -0.4 is 10.2 Å². The first-order chi connectivity index (χ1) is 10.2. The lowest BCUT2D eigenvalue weighted by Gasteiger charge is -2.31. The van der Waals surface area contributed by atoms with E-state index in [1.54, 1.807) is 17.1 Å². The molecule has 0 bridgehead atoms. The van der Waals surface area contributed by atoms with Gasteiger partial charge in [-0.3, -0.25) is 4.79 Å². The lowest BCUT2D eigenvalue weighted by Crippen LogP contribution is -2.33. The van der Waals surface area contributed by atoms with Gasteiger partial charge in [0.25, 0.3) is 5.91 Å². The molecule has 2 aromatic heterocycles. The molecule has 1 aliphatic rings. The van der Waals surface area contributed by atoms with Gasteiger partial charge in [0.1, 0.15) is 11.5 Å². The van der Waals surface area contributed by atoms with Crippen molar-refractivity contribution in [1.29, 1.82) is 0 Å². The highest BCUT2D eigenvalue weighted by atomic mass is 32.1. The molecule has 1 fully saturated rings. The average Bonchev–Trinajstić information content (AvgIpc) is 3.03. The van der Waals surface area contributed by atoms with Crippen LogP contribution in [0, 0.1) is 5.92 Å². The summed E-state index contributed by atoms with van der Waals surface area (Å²) >= 11 is 1.41. The Balaban J connectivity index is 1.63. The second-order valence-electron chi connectivity index (χ2n) is 5.40. The second kappa shape index (κ2) is 6.22. The monoisotopic (exact) mass is 302 g/mol. The average molecular weight is 302 g/mol. The van der Waals surface area contributed by atoms with Crippen molar-refractivity contribution >= 4 is 28.7 Å². The number of nitrogens with one attached hydrogen (secondary N) is 1. The van der Waals surface area contributed by atoms with Crippen molar-refractivity contribution in [2.75, 3.05) is 23.3 Å². The van der Waals surface area contributed by atoms with E-state index in [9.17, 15) is 4.79 Å². The van der Waals surface area contributed by atoms with Crippen molar-refractivity contribution in [3.05, 3.63) is 34.9 Å². The number of carbonyl (C=O) groups excluding carboxylic acids is 1. The Bertz CT molecular complexity index is 589. The smallest absolute Gasteiger partial charge is 0.275 e. The maximum atomic E-state index is 11.9. The topological polar surface area (TPSA) is 58.1 Å². The summed E-state index contributed by atoms with van der Waals surface area (Å²) in [6.45, 7) is 4.40. The van der Waals surface area contributed by atoms with Crippen molar-refractivity contribution in [3.8, 4) is 0 Å². The van der Waals surface area contributed by atoms with E-state index < -0.39 is 0 Å². The zero-order valence-corrected chi connectivity index (χ0v) is 12.8. The van der Waals surface area contributed by atoms with E-state index in [2.05, 4.69) is 27.1 Å². The first-order valence-corrected chi connectivity index (χ1v) is 8.07. The first-order valence-electron chi connectivity index (χ1n) is 7.13. The fourth-order valence-electron chi connectivity index (χ4n) is 2.40. The largest absolute Gasteiger partial charge is 0.357 e. The quantitative estimate of drug-likeness (QED) is 0.947. The Hall–Kier alpha value is -1.95. The molecule has 0 atom stereocenters. The molecule has 2 aromatic rings. The minimum atomic E-state index is -0.197. The lowest BCUT2D eigenvalue weighted by atomic mass is 9.99. The molecular formula is C15H18N4OS. The van der Waals surface area contributed by atoms with Gasteiger partial charge in [0.15, 0.2) is 0 Å². The Morgan fingerprint density at radius 2 is 2.14 bits per heavy atom. The minimum Gasteiger partial charge on any atom is -0.357 e. The molecule has 0 aromatic carbocycles. The highest BCUT2D eigenvalue weighted by Gasteiger charge is 2.17. The summed E-state index contributed by atoms with van der Waals surface area (Å²) in [4.78, 5) is 22.6. The molecule has 0 aliphatic carbocycles. The van der Waals surface area contributed by atoms with E-state index in [1.807, 2.05) is 12.1 Å². The SMILES string of the molecule is CC1CCN(c2ccc(NC(=O)c3cscn3)cn2)CC1. The normalized spacial score (nSPS) is 16.0. The van der Waals surface area contributed by atoms with Crippen molar-refractivity contribution in [2.24, 2.45) is 5.92 Å². The summed E-state index contributed by atoms with van der Waals surface area (Å²) in [6, 6.07) is 3.86. The van der Waals surface area contributed by atoms with Gasteiger partial charge in [-0.2, -0.15) is 0 Å². The molecule has 1 aliphatic heterocycles. The number of pyridine rings is 1. The van der Waals surface area contributed by atoms with Crippen LogP contribution >= 0.6 is 11.3 Å². The van der Waals surface area contributed by atoms with Gasteiger partial charge in [0.05, 0.1) is 17.4 Å². The number of anilines is 2. The van der Waals surface area contributed by atoms with Crippen LogP contribution in [0.3, 0.4) is 0 Å². The molecule has 21 heavy (non-hydrogen) atoms. The number of hydrogen-bond donors (Lipinski definition) is 1. The third kappa shape index (κ3) is 3.39. The predicted octanol–water partition coefficient (Wildman–Crippen LogP) is 3.03. The fraction of sp³-hybridized carbons (Fsp3) is 0.400. The van der Waals surface area contributed by atoms with Crippen molar-refractivity contribution in [2.45, 2.75) is 19.8 Å². The van der Waals surface area contributed by atoms with Crippen LogP contribution in [0.25, 0.3) is 0 Å². The zero-order valence-electron chi connectivity index (χ0n) is 12.0. The minimum absolute atomic E-state index is 0.197. The molecule has 3 rings (SSSR count). The van der Waals surface area contributed by atoms with E-state index >= 15 is 0 Å². The zero-order chi connectivity index (χ0) is 14.7. The molecule has 1 saturated heterocycles. The lowest BCUT2D eigenvalue weighted by molar-refractivity contribution is 0.102. The maximum absolute atomic E-state index is 11.9. The summed E-state index contributed by atoms with van der Waals surface area (Å²) in [7, 11) is 0. The number of aromatic nitrogens is 2. The summed E-state index contributed by atoms with van der Waals surface area (Å²) in [6.07, 6.45) is 4.13. The van der Waals surface area contributed by atoms with Gasteiger partial charge >= 0.3 is 0 Å². The van der Waals surface area contributed by atoms with Crippen molar-refractivity contribution < 1.29 is 4.79 Å². The summed E-state index contributed by atoms with van der Waals surface area (Å²) in [5.41, 5.74) is 2.78. The number of hydrogen-bond acceptors (Lipinski definition) is 5. The third-order valence-corrected chi connectivity index (χ3v) is 4.36. The molecule has 0 spiro atoms. The molecule has 1 N–H and O–H groups in total. The molecule has 0 unspecified atom stereocenters. The number of nitrogens with zero attached hydrogens (tertiary/aromatic N) is 3. The number of carbonyl (C=O) groups is 1. The third-order valence-electron chi connectivity index (χ3n) is 3.78. The molecule has 3 heterocycles. The van der Waals surface area contributed by atoms with Crippen LogP contribution in [-0.4, -0.2) is 29.0 Å². The summed E-state index contributed by atoms with van der Waals surface area (Å²) < 4.78 is 0. The maximum Gasteiger partial charge on any atom is 0.275 e. The van der Waals surface area contributed by atoms with Gasteiger partial charge in [-0.15, -0.1) is 11.3 Å². The van der Waals surface area contributed by atoms with Gasteiger partial charge in [-0.25, -0.2) is 9.97 Å². The highest BCUT2D eigenvalue weighted by molar-refractivity contribution is 7.07. The van der Waals surface area contributed by atoms with Crippen LogP contribution in [0.5, 0.6) is 0 Å². The van der Waals surface area contributed by atoms with Gasteiger partial charge < -0.3 is 10.2 Å². The van der Waals surface area contributed by atoms with Gasteiger partial charge in [0, 0.05) is 18.5 Å². The molecule has 5 nitrogen and oxygen atoms in total.